The molecule has 162 valence electrons. The highest BCUT2D eigenvalue weighted by Crippen LogP contribution is 2.36. The predicted octanol–water partition coefficient (Wildman–Crippen LogP) is 3.44. The number of ether oxygens (including phenoxy) is 2. The van der Waals surface area contributed by atoms with E-state index >= 15 is 0 Å². The number of fused-ring (bicyclic) bond motifs is 1. The van der Waals surface area contributed by atoms with Gasteiger partial charge in [-0.25, -0.2) is 4.79 Å². The van der Waals surface area contributed by atoms with Crippen molar-refractivity contribution < 1.29 is 19.1 Å². The number of rotatable bonds is 5. The van der Waals surface area contributed by atoms with Crippen LogP contribution in [0, 0.1) is 13.8 Å². The molecule has 4 rings (SSSR count). The van der Waals surface area contributed by atoms with Gasteiger partial charge in [-0.05, 0) is 38.5 Å². The molecule has 2 unspecified atom stereocenters. The number of hydrogen-bond acceptors (Lipinski definition) is 6. The lowest BCUT2D eigenvalue weighted by Crippen LogP contribution is -2.45. The number of amides is 1. The lowest BCUT2D eigenvalue weighted by molar-refractivity contribution is -0.135. The van der Waals surface area contributed by atoms with Gasteiger partial charge in [0.25, 0.3) is 0 Å². The molecule has 2 atom stereocenters. The molecule has 7 heteroatoms. The first-order valence-corrected chi connectivity index (χ1v) is 10.6. The van der Waals surface area contributed by atoms with Crippen LogP contribution in [-0.2, 0) is 14.3 Å². The van der Waals surface area contributed by atoms with E-state index in [9.17, 15) is 9.59 Å². The van der Waals surface area contributed by atoms with Crippen LogP contribution in [0.15, 0.2) is 47.6 Å². The van der Waals surface area contributed by atoms with Gasteiger partial charge in [0.1, 0.15) is 17.5 Å². The van der Waals surface area contributed by atoms with Crippen LogP contribution in [-0.4, -0.2) is 36.8 Å². The maximum atomic E-state index is 13.4. The zero-order valence-corrected chi connectivity index (χ0v) is 18.1. The largest absolute Gasteiger partial charge is 0.493 e. The van der Waals surface area contributed by atoms with E-state index in [4.69, 9.17) is 9.47 Å². The average Bonchev–Trinajstić information content (AvgIpc) is 3.21. The van der Waals surface area contributed by atoms with E-state index in [-0.39, 0.29) is 30.7 Å². The van der Waals surface area contributed by atoms with Crippen LogP contribution in [0.2, 0.25) is 0 Å². The molecule has 1 amide bonds. The van der Waals surface area contributed by atoms with Crippen molar-refractivity contribution in [3.8, 4) is 5.75 Å². The number of carbonyl (C=O) groups excluding carboxylic acids is 2. The summed E-state index contributed by atoms with van der Waals surface area (Å²) in [6.07, 6.45) is 0.883. The fraction of sp³-hybridized carbons (Fsp3) is 0.375. The molecule has 31 heavy (non-hydrogen) atoms. The first-order chi connectivity index (χ1) is 15.0. The van der Waals surface area contributed by atoms with Crippen molar-refractivity contribution in [2.24, 2.45) is 5.10 Å². The molecule has 0 spiro atoms. The van der Waals surface area contributed by atoms with Crippen molar-refractivity contribution in [3.63, 3.8) is 0 Å². The Labute approximate surface area is 182 Å². The van der Waals surface area contributed by atoms with Gasteiger partial charge in [-0.1, -0.05) is 35.9 Å². The lowest BCUT2D eigenvalue weighted by atomic mass is 9.95. The van der Waals surface area contributed by atoms with Crippen molar-refractivity contribution in [1.82, 2.24) is 5.32 Å². The van der Waals surface area contributed by atoms with Gasteiger partial charge in [0, 0.05) is 18.4 Å². The number of nitrogens with one attached hydrogen (secondary N) is 1. The molecule has 1 N–H and O–H groups in total. The van der Waals surface area contributed by atoms with Crippen LogP contribution < -0.4 is 15.1 Å². The van der Waals surface area contributed by atoms with Crippen LogP contribution in [0.25, 0.3) is 0 Å². The summed E-state index contributed by atoms with van der Waals surface area (Å²) in [7, 11) is 0. The van der Waals surface area contributed by atoms with Gasteiger partial charge in [-0.3, -0.25) is 9.80 Å². The summed E-state index contributed by atoms with van der Waals surface area (Å²) < 4.78 is 11.0. The fourth-order valence-electron chi connectivity index (χ4n) is 4.17. The van der Waals surface area contributed by atoms with Crippen molar-refractivity contribution >= 4 is 23.3 Å². The van der Waals surface area contributed by atoms with Crippen molar-refractivity contribution in [1.29, 1.82) is 0 Å². The van der Waals surface area contributed by atoms with E-state index in [0.717, 1.165) is 28.1 Å². The lowest BCUT2D eigenvalue weighted by Gasteiger charge is -2.30. The summed E-state index contributed by atoms with van der Waals surface area (Å²) in [4.78, 5) is 25.7. The standard InChI is InChI=1S/C24H27N3O4/c1-4-30-24(29)20-14-21(27(26-20)17-8-6-5-7-9-17)23(28)25-19-10-11-31-22-16(3)12-15(2)13-18(19)22/h5-9,12-13,19,21H,4,10-11,14H2,1-3H3,(H,25,28). The number of carbonyl (C=O) groups is 2. The number of para-hydroxylation sites is 1. The van der Waals surface area contributed by atoms with E-state index < -0.39 is 12.0 Å². The topological polar surface area (TPSA) is 80.2 Å². The zero-order chi connectivity index (χ0) is 22.0. The third kappa shape index (κ3) is 4.26. The van der Waals surface area contributed by atoms with Crippen molar-refractivity contribution in [2.45, 2.75) is 45.7 Å². The Morgan fingerprint density at radius 2 is 2.00 bits per heavy atom. The summed E-state index contributed by atoms with van der Waals surface area (Å²) in [6.45, 7) is 6.61. The molecule has 0 aliphatic carbocycles. The van der Waals surface area contributed by atoms with Crippen LogP contribution in [0.1, 0.15) is 42.5 Å². The molecule has 0 bridgehead atoms. The van der Waals surface area contributed by atoms with Gasteiger partial charge < -0.3 is 14.8 Å². The Morgan fingerprint density at radius 3 is 2.74 bits per heavy atom. The Bertz CT molecular complexity index is 1020. The van der Waals surface area contributed by atoms with E-state index in [1.54, 1.807) is 11.9 Å². The SMILES string of the molecule is CCOC(=O)C1=NN(c2ccccc2)C(C(=O)NC2CCOc3c(C)cc(C)cc32)C1. The number of aryl methyl sites for hydroxylation is 2. The first kappa shape index (κ1) is 20.9. The fourth-order valence-corrected chi connectivity index (χ4v) is 4.17. The van der Waals surface area contributed by atoms with Crippen LogP contribution in [0.5, 0.6) is 5.75 Å². The van der Waals surface area contributed by atoms with E-state index in [1.807, 2.05) is 44.2 Å². The minimum atomic E-state index is -0.626. The maximum absolute atomic E-state index is 13.4. The smallest absolute Gasteiger partial charge is 0.354 e. The molecule has 2 aromatic carbocycles. The highest BCUT2D eigenvalue weighted by molar-refractivity contribution is 6.38. The van der Waals surface area contributed by atoms with Gasteiger partial charge in [0.2, 0.25) is 5.91 Å². The second kappa shape index (κ2) is 8.79. The van der Waals surface area contributed by atoms with Gasteiger partial charge in [-0.15, -0.1) is 0 Å². The van der Waals surface area contributed by atoms with Gasteiger partial charge >= 0.3 is 5.97 Å². The molecule has 0 fully saturated rings. The molecule has 2 aliphatic heterocycles. The number of hydrazone groups is 1. The Morgan fingerprint density at radius 1 is 1.23 bits per heavy atom. The summed E-state index contributed by atoms with van der Waals surface area (Å²) >= 11 is 0. The molecule has 7 nitrogen and oxygen atoms in total. The van der Waals surface area contributed by atoms with Crippen LogP contribution in [0.4, 0.5) is 5.69 Å². The number of benzene rings is 2. The summed E-state index contributed by atoms with van der Waals surface area (Å²) in [5.41, 5.74) is 4.19. The summed E-state index contributed by atoms with van der Waals surface area (Å²) in [5.74, 6) is 0.183. The Balaban J connectivity index is 1.59. The third-order valence-corrected chi connectivity index (χ3v) is 5.54. The molecule has 0 saturated carbocycles. The average molecular weight is 421 g/mol. The second-order valence-electron chi connectivity index (χ2n) is 7.87. The van der Waals surface area contributed by atoms with Crippen LogP contribution in [0.3, 0.4) is 0 Å². The molecule has 2 aromatic rings. The minimum absolute atomic E-state index is 0.154. The van der Waals surface area contributed by atoms with Crippen molar-refractivity contribution in [3.05, 3.63) is 59.2 Å². The summed E-state index contributed by atoms with van der Waals surface area (Å²) in [5, 5.41) is 9.23. The van der Waals surface area contributed by atoms with E-state index in [0.29, 0.717) is 13.0 Å². The molecule has 2 heterocycles. The second-order valence-corrected chi connectivity index (χ2v) is 7.87. The molecular formula is C24H27N3O4. The monoisotopic (exact) mass is 421 g/mol. The van der Waals surface area contributed by atoms with E-state index in [1.165, 1.54) is 0 Å². The summed E-state index contributed by atoms with van der Waals surface area (Å²) in [6, 6.07) is 12.8. The van der Waals surface area contributed by atoms with Crippen LogP contribution >= 0.6 is 0 Å². The van der Waals surface area contributed by atoms with Crippen molar-refractivity contribution in [2.75, 3.05) is 18.2 Å². The zero-order valence-electron chi connectivity index (χ0n) is 18.1. The minimum Gasteiger partial charge on any atom is -0.493 e. The number of hydrogen-bond donors (Lipinski definition) is 1. The quantitative estimate of drug-likeness (QED) is 0.748. The highest BCUT2D eigenvalue weighted by Gasteiger charge is 2.38. The molecule has 0 radical (unpaired) electrons. The Kier molecular flexibility index (Phi) is 5.93. The van der Waals surface area contributed by atoms with Gasteiger partial charge in [0.05, 0.1) is 24.9 Å². The molecular weight excluding hydrogens is 394 g/mol. The van der Waals surface area contributed by atoms with E-state index in [2.05, 4.69) is 22.6 Å². The number of nitrogens with zero attached hydrogens (tertiary/aromatic N) is 2. The normalized spacial score (nSPS) is 19.8. The number of anilines is 1. The maximum Gasteiger partial charge on any atom is 0.354 e. The Hall–Kier alpha value is -3.35. The van der Waals surface area contributed by atoms with Gasteiger partial charge in [-0.2, -0.15) is 5.10 Å². The highest BCUT2D eigenvalue weighted by atomic mass is 16.5. The third-order valence-electron chi connectivity index (χ3n) is 5.54. The first-order valence-electron chi connectivity index (χ1n) is 10.6. The molecule has 2 aliphatic rings. The predicted molar refractivity (Wildman–Crippen MR) is 118 cm³/mol. The molecule has 0 saturated heterocycles. The van der Waals surface area contributed by atoms with Gasteiger partial charge in [0.15, 0.2) is 0 Å². The molecule has 0 aromatic heterocycles. The number of esters is 1.